The van der Waals surface area contributed by atoms with Crippen LogP contribution in [0.3, 0.4) is 0 Å². The van der Waals surface area contributed by atoms with E-state index in [9.17, 15) is 8.42 Å². The molecule has 168 valence electrons. The second-order valence-electron chi connectivity index (χ2n) is 9.19. The highest BCUT2D eigenvalue weighted by Crippen LogP contribution is 2.39. The molecule has 1 aromatic carbocycles. The molecule has 3 aliphatic heterocycles. The monoisotopic (exact) mass is 436 g/mol. The summed E-state index contributed by atoms with van der Waals surface area (Å²) in [7, 11) is -3.26. The third kappa shape index (κ3) is 5.36. The SMILES string of the molecule is CCC1CN2CCCC(NS(C)(=O)=O)C2CO[C@H]2CC[C@H](CC2)c2ccccc2O1. The molecule has 1 aromatic rings. The van der Waals surface area contributed by atoms with Gasteiger partial charge in [0.1, 0.15) is 11.9 Å². The van der Waals surface area contributed by atoms with Crippen molar-refractivity contribution >= 4 is 10.0 Å². The molecule has 5 rings (SSSR count). The number of sulfonamides is 1. The number of hydrogen-bond acceptors (Lipinski definition) is 5. The topological polar surface area (TPSA) is 67.9 Å². The van der Waals surface area contributed by atoms with Crippen LogP contribution in [0.2, 0.25) is 0 Å². The quantitative estimate of drug-likeness (QED) is 0.788. The number of fused-ring (bicyclic) bond motifs is 5. The first kappa shape index (κ1) is 22.1. The fourth-order valence-corrected chi connectivity index (χ4v) is 6.20. The average molecular weight is 437 g/mol. The Morgan fingerprint density at radius 2 is 1.90 bits per heavy atom. The first-order valence-electron chi connectivity index (χ1n) is 11.5. The number of rotatable bonds is 3. The van der Waals surface area contributed by atoms with Gasteiger partial charge in [0.2, 0.25) is 10.0 Å². The van der Waals surface area contributed by atoms with Gasteiger partial charge in [-0.25, -0.2) is 13.1 Å². The van der Waals surface area contributed by atoms with Crippen LogP contribution in [-0.2, 0) is 14.8 Å². The van der Waals surface area contributed by atoms with Gasteiger partial charge < -0.3 is 9.47 Å². The van der Waals surface area contributed by atoms with Gasteiger partial charge in [0.05, 0.1) is 19.0 Å². The minimum Gasteiger partial charge on any atom is -0.489 e. The predicted octanol–water partition coefficient (Wildman–Crippen LogP) is 3.28. The van der Waals surface area contributed by atoms with Gasteiger partial charge in [0.15, 0.2) is 0 Å². The number of para-hydroxylation sites is 1. The lowest BCUT2D eigenvalue weighted by atomic mass is 9.82. The summed E-state index contributed by atoms with van der Waals surface area (Å²) < 4.78 is 39.8. The summed E-state index contributed by atoms with van der Waals surface area (Å²) >= 11 is 0. The summed E-state index contributed by atoms with van der Waals surface area (Å²) in [5.41, 5.74) is 1.33. The lowest BCUT2D eigenvalue weighted by molar-refractivity contribution is -0.0335. The number of hydrogen-bond donors (Lipinski definition) is 1. The van der Waals surface area contributed by atoms with E-state index in [-0.39, 0.29) is 24.3 Å². The third-order valence-electron chi connectivity index (χ3n) is 6.98. The van der Waals surface area contributed by atoms with Gasteiger partial charge in [-0.1, -0.05) is 25.1 Å². The largest absolute Gasteiger partial charge is 0.489 e. The summed E-state index contributed by atoms with van der Waals surface area (Å²) in [5, 5.41) is 0. The number of nitrogens with one attached hydrogen (secondary N) is 1. The van der Waals surface area contributed by atoms with Crippen molar-refractivity contribution in [2.24, 2.45) is 0 Å². The Labute approximate surface area is 181 Å². The van der Waals surface area contributed by atoms with Crippen LogP contribution in [-0.4, -0.2) is 63.6 Å². The Morgan fingerprint density at radius 3 is 2.63 bits per heavy atom. The van der Waals surface area contributed by atoms with Crippen molar-refractivity contribution in [3.63, 3.8) is 0 Å². The minimum absolute atomic E-state index is 0.0415. The number of nitrogens with zero attached hydrogens (tertiary/aromatic N) is 1. The first-order valence-corrected chi connectivity index (χ1v) is 13.4. The Balaban J connectivity index is 1.62. The molecule has 0 radical (unpaired) electrons. The summed E-state index contributed by atoms with van der Waals surface area (Å²) in [6, 6.07) is 8.45. The fourth-order valence-electron chi connectivity index (χ4n) is 5.38. The van der Waals surface area contributed by atoms with Gasteiger partial charge in [0, 0.05) is 18.6 Å². The second kappa shape index (κ2) is 9.55. The average Bonchev–Trinajstić information content (AvgIpc) is 2.74. The molecule has 3 heterocycles. The van der Waals surface area contributed by atoms with Crippen LogP contribution in [0.5, 0.6) is 5.75 Å². The van der Waals surface area contributed by atoms with Crippen molar-refractivity contribution in [3.05, 3.63) is 29.8 Å². The number of benzene rings is 1. The van der Waals surface area contributed by atoms with Gasteiger partial charge in [-0.2, -0.15) is 0 Å². The highest BCUT2D eigenvalue weighted by Gasteiger charge is 2.36. The van der Waals surface area contributed by atoms with Gasteiger partial charge in [0.25, 0.3) is 0 Å². The lowest BCUT2D eigenvalue weighted by Gasteiger charge is -2.43. The van der Waals surface area contributed by atoms with E-state index >= 15 is 0 Å². The minimum atomic E-state index is -3.26. The molecular formula is C23H36N2O4S. The molecular weight excluding hydrogens is 400 g/mol. The van der Waals surface area contributed by atoms with Crippen molar-refractivity contribution < 1.29 is 17.9 Å². The van der Waals surface area contributed by atoms with E-state index in [1.807, 2.05) is 0 Å². The van der Waals surface area contributed by atoms with Crippen LogP contribution in [0.1, 0.15) is 63.4 Å². The molecule has 3 unspecified atom stereocenters. The smallest absolute Gasteiger partial charge is 0.209 e. The van der Waals surface area contributed by atoms with Gasteiger partial charge in [-0.15, -0.1) is 0 Å². The standard InChI is InChI=1S/C23H36N2O4S/c1-3-18-15-25-14-6-8-21(24-30(2,26)27)22(25)16-28-19-12-10-17(11-13-19)20-7-4-5-9-23(20)29-18/h4-5,7,9,17-19,21-22,24H,3,6,8,10-16H2,1-2H3/t17-,18?,19+,21?,22?. The zero-order valence-electron chi connectivity index (χ0n) is 18.3. The van der Waals surface area contributed by atoms with Crippen molar-refractivity contribution in [3.8, 4) is 5.75 Å². The molecule has 2 bridgehead atoms. The van der Waals surface area contributed by atoms with Crippen LogP contribution in [0, 0.1) is 0 Å². The molecule has 30 heavy (non-hydrogen) atoms. The Morgan fingerprint density at radius 1 is 1.13 bits per heavy atom. The van der Waals surface area contributed by atoms with E-state index < -0.39 is 10.0 Å². The zero-order valence-corrected chi connectivity index (χ0v) is 19.1. The Bertz CT molecular complexity index is 807. The van der Waals surface area contributed by atoms with Crippen LogP contribution < -0.4 is 9.46 Å². The Hall–Kier alpha value is -1.15. The second-order valence-corrected chi connectivity index (χ2v) is 11.0. The van der Waals surface area contributed by atoms with Crippen molar-refractivity contribution in [2.75, 3.05) is 26.0 Å². The predicted molar refractivity (Wildman–Crippen MR) is 118 cm³/mol. The number of ether oxygens (including phenoxy) is 2. The van der Waals surface area contributed by atoms with Crippen molar-refractivity contribution in [1.29, 1.82) is 0 Å². The van der Waals surface area contributed by atoms with Gasteiger partial charge in [-0.05, 0) is 69.0 Å². The molecule has 6 nitrogen and oxygen atoms in total. The highest BCUT2D eigenvalue weighted by molar-refractivity contribution is 7.88. The van der Waals surface area contributed by atoms with Crippen LogP contribution in [0.4, 0.5) is 0 Å². The molecule has 3 atom stereocenters. The maximum atomic E-state index is 12.0. The molecule has 1 saturated carbocycles. The molecule has 1 saturated heterocycles. The molecule has 4 aliphatic rings. The zero-order chi connectivity index (χ0) is 21.1. The van der Waals surface area contributed by atoms with Gasteiger partial charge in [-0.3, -0.25) is 4.90 Å². The Kier molecular flexibility index (Phi) is 7.02. The molecule has 0 aromatic heterocycles. The molecule has 0 spiro atoms. The van der Waals surface area contributed by atoms with Crippen molar-refractivity contribution in [1.82, 2.24) is 9.62 Å². The fraction of sp³-hybridized carbons (Fsp3) is 0.739. The van der Waals surface area contributed by atoms with Crippen LogP contribution in [0.25, 0.3) is 0 Å². The maximum Gasteiger partial charge on any atom is 0.209 e. The summed E-state index contributed by atoms with van der Waals surface area (Å²) in [6.07, 6.45) is 8.65. The van der Waals surface area contributed by atoms with E-state index in [1.165, 1.54) is 11.8 Å². The van der Waals surface area contributed by atoms with E-state index in [0.717, 1.165) is 63.8 Å². The lowest BCUT2D eigenvalue weighted by Crippen LogP contribution is -2.59. The maximum absolute atomic E-state index is 12.0. The molecule has 0 amide bonds. The highest BCUT2D eigenvalue weighted by atomic mass is 32.2. The van der Waals surface area contributed by atoms with Crippen LogP contribution in [0.15, 0.2) is 24.3 Å². The molecule has 2 fully saturated rings. The molecule has 1 N–H and O–H groups in total. The normalized spacial score (nSPS) is 33.3. The summed E-state index contributed by atoms with van der Waals surface area (Å²) in [6.45, 7) is 4.48. The molecule has 7 heteroatoms. The van der Waals surface area contributed by atoms with Crippen molar-refractivity contribution in [2.45, 2.75) is 82.1 Å². The summed E-state index contributed by atoms with van der Waals surface area (Å²) in [5.74, 6) is 1.55. The van der Waals surface area contributed by atoms with Gasteiger partial charge >= 0.3 is 0 Å². The van der Waals surface area contributed by atoms with E-state index in [2.05, 4.69) is 40.8 Å². The summed E-state index contributed by atoms with van der Waals surface area (Å²) in [4.78, 5) is 2.40. The van der Waals surface area contributed by atoms with E-state index in [1.54, 1.807) is 0 Å². The number of piperidine rings is 1. The van der Waals surface area contributed by atoms with E-state index in [4.69, 9.17) is 9.47 Å². The van der Waals surface area contributed by atoms with E-state index in [0.29, 0.717) is 12.5 Å². The molecule has 1 aliphatic carbocycles. The third-order valence-corrected chi connectivity index (χ3v) is 7.71. The van der Waals surface area contributed by atoms with Crippen LogP contribution >= 0.6 is 0 Å². The first-order chi connectivity index (χ1) is 14.4.